The molecule has 16 heteroatoms. The topological polar surface area (TPSA) is 128 Å². The summed E-state index contributed by atoms with van der Waals surface area (Å²) in [5, 5.41) is 17.4. The maximum atomic E-state index is 15.0. The zero-order chi connectivity index (χ0) is 34.1. The van der Waals surface area contributed by atoms with E-state index in [-0.39, 0.29) is 68.3 Å². The second-order valence-corrected chi connectivity index (χ2v) is 19.7. The molecule has 6 rings (SSSR count). The van der Waals surface area contributed by atoms with E-state index in [4.69, 9.17) is 14.2 Å². The standard InChI is InChI=1S/C31H43F4N5O6Si/c1-44-27-12-23(24(32)14-36-27)26-13-25(38-40(26)18-45-9-10-47(2,3)4)29(42)39-15-19-16-46-17-21(39)11-22(19)28(41)37-20-5-7-30(43,8-6-20)31(33,34)35/h12-14,19-22,43H,5-11,15-18H2,1-4H3,(H,37,41)/t19?,20-,21?,22?,30-. The lowest BCUT2D eigenvalue weighted by Gasteiger charge is -2.41. The van der Waals surface area contributed by atoms with E-state index in [1.807, 2.05) is 0 Å². The number of hydrogen-bond donors (Lipinski definition) is 2. The number of hydrogen-bond acceptors (Lipinski definition) is 8. The summed E-state index contributed by atoms with van der Waals surface area (Å²) >= 11 is 0. The van der Waals surface area contributed by atoms with Gasteiger partial charge < -0.3 is 29.5 Å². The van der Waals surface area contributed by atoms with E-state index in [0.29, 0.717) is 18.7 Å². The second kappa shape index (κ2) is 13.8. The van der Waals surface area contributed by atoms with Gasteiger partial charge >= 0.3 is 6.18 Å². The molecule has 47 heavy (non-hydrogen) atoms. The third-order valence-corrected chi connectivity index (χ3v) is 11.1. The molecule has 2 N–H and O–H groups in total. The van der Waals surface area contributed by atoms with Crippen LogP contribution in [0.3, 0.4) is 0 Å². The molecule has 4 fully saturated rings. The predicted octanol–water partition coefficient (Wildman–Crippen LogP) is 4.23. The molecule has 1 saturated carbocycles. The van der Waals surface area contributed by atoms with E-state index in [0.717, 1.165) is 12.2 Å². The van der Waals surface area contributed by atoms with Crippen molar-refractivity contribution < 1.29 is 46.5 Å². The minimum atomic E-state index is -4.72. The molecule has 3 saturated heterocycles. The Morgan fingerprint density at radius 3 is 2.57 bits per heavy atom. The number of carbonyl (C=O) groups is 2. The van der Waals surface area contributed by atoms with Crippen LogP contribution >= 0.6 is 0 Å². The molecule has 2 amide bonds. The lowest BCUT2D eigenvalue weighted by atomic mass is 9.80. The Bertz CT molecular complexity index is 1440. The lowest BCUT2D eigenvalue weighted by molar-refractivity contribution is -0.270. The molecule has 0 spiro atoms. The van der Waals surface area contributed by atoms with Crippen molar-refractivity contribution in [3.8, 4) is 17.1 Å². The van der Waals surface area contributed by atoms with Crippen molar-refractivity contribution >= 4 is 19.9 Å². The number of nitrogens with one attached hydrogen (secondary N) is 1. The fourth-order valence-corrected chi connectivity index (χ4v) is 7.22. The van der Waals surface area contributed by atoms with Gasteiger partial charge in [0, 0.05) is 50.7 Å². The van der Waals surface area contributed by atoms with E-state index in [1.54, 1.807) is 4.90 Å². The van der Waals surface area contributed by atoms with Gasteiger partial charge in [-0.15, -0.1) is 0 Å². The third kappa shape index (κ3) is 7.98. The van der Waals surface area contributed by atoms with Crippen molar-refractivity contribution in [1.29, 1.82) is 0 Å². The summed E-state index contributed by atoms with van der Waals surface area (Å²) in [7, 11) is 0.0458. The number of rotatable bonds is 10. The Balaban J connectivity index is 1.30. The molecule has 11 nitrogen and oxygen atoms in total. The van der Waals surface area contributed by atoms with Crippen molar-refractivity contribution in [3.05, 3.63) is 29.8 Å². The summed E-state index contributed by atoms with van der Waals surface area (Å²) in [4.78, 5) is 32.9. The smallest absolute Gasteiger partial charge is 0.417 e. The first-order valence-electron chi connectivity index (χ1n) is 15.9. The molecule has 3 unspecified atom stereocenters. The predicted molar refractivity (Wildman–Crippen MR) is 165 cm³/mol. The van der Waals surface area contributed by atoms with Crippen LogP contribution in [-0.2, 0) is 21.0 Å². The molecule has 2 aromatic heterocycles. The number of piperidine rings is 1. The SMILES string of the molecule is COc1cc(-c2cc(C(=O)N3CC4COCC3CC4C(=O)N[C@H]3CC[C@@](O)(C(F)(F)F)CC3)nn2COCC[Si](C)(C)C)c(F)cn1. The molecular formula is C31H43F4N5O6Si. The quantitative estimate of drug-likeness (QED) is 0.216. The number of nitrogens with zero attached hydrogens (tertiary/aromatic N) is 4. The number of aliphatic hydroxyl groups is 1. The van der Waals surface area contributed by atoms with Gasteiger partial charge in [0.25, 0.3) is 5.91 Å². The van der Waals surface area contributed by atoms with Crippen LogP contribution in [0.15, 0.2) is 18.3 Å². The van der Waals surface area contributed by atoms with E-state index in [1.165, 1.54) is 23.9 Å². The van der Waals surface area contributed by atoms with Gasteiger partial charge in [0.05, 0.1) is 38.3 Å². The van der Waals surface area contributed by atoms with Crippen LogP contribution < -0.4 is 10.1 Å². The highest BCUT2D eigenvalue weighted by molar-refractivity contribution is 6.76. The highest BCUT2D eigenvalue weighted by atomic mass is 28.3. The normalized spacial score (nSPS) is 26.6. The van der Waals surface area contributed by atoms with Crippen LogP contribution in [-0.4, -0.2) is 102 Å². The van der Waals surface area contributed by atoms with Crippen molar-refractivity contribution in [2.75, 3.05) is 33.5 Å². The van der Waals surface area contributed by atoms with Crippen molar-refractivity contribution in [2.24, 2.45) is 11.8 Å². The minimum Gasteiger partial charge on any atom is -0.481 e. The van der Waals surface area contributed by atoms with Gasteiger partial charge in [-0.05, 0) is 44.2 Å². The van der Waals surface area contributed by atoms with E-state index in [2.05, 4.69) is 35.0 Å². The van der Waals surface area contributed by atoms with E-state index >= 15 is 4.39 Å². The minimum absolute atomic E-state index is 0.00385. The molecule has 0 aromatic carbocycles. The molecule has 3 atom stereocenters. The number of amides is 2. The van der Waals surface area contributed by atoms with Crippen LogP contribution in [0.2, 0.25) is 25.7 Å². The summed E-state index contributed by atoms with van der Waals surface area (Å²) < 4.78 is 73.1. The first-order valence-corrected chi connectivity index (χ1v) is 19.6. The van der Waals surface area contributed by atoms with Crippen LogP contribution in [0.25, 0.3) is 11.3 Å². The number of fused-ring (bicyclic) bond motifs is 4. The maximum Gasteiger partial charge on any atom is 0.417 e. The Hall–Kier alpha value is -3.08. The van der Waals surface area contributed by atoms with Crippen LogP contribution in [0.5, 0.6) is 5.88 Å². The number of halogens is 4. The van der Waals surface area contributed by atoms with Gasteiger partial charge in [0.15, 0.2) is 17.1 Å². The van der Waals surface area contributed by atoms with Gasteiger partial charge in [-0.3, -0.25) is 9.59 Å². The zero-order valence-electron chi connectivity index (χ0n) is 27.1. The second-order valence-electron chi connectivity index (χ2n) is 14.0. The van der Waals surface area contributed by atoms with Crippen LogP contribution in [0.4, 0.5) is 17.6 Å². The summed E-state index contributed by atoms with van der Waals surface area (Å²) in [6, 6.07) is 2.93. The van der Waals surface area contributed by atoms with Gasteiger partial charge in [-0.25, -0.2) is 14.1 Å². The summed E-state index contributed by atoms with van der Waals surface area (Å²) in [6.45, 7) is 7.83. The molecular weight excluding hydrogens is 642 g/mol. The highest BCUT2D eigenvalue weighted by Gasteiger charge is 2.55. The van der Waals surface area contributed by atoms with Crippen LogP contribution in [0, 0.1) is 17.7 Å². The number of pyridine rings is 1. The number of aromatic nitrogens is 3. The van der Waals surface area contributed by atoms with E-state index < -0.39 is 62.4 Å². The van der Waals surface area contributed by atoms with E-state index in [9.17, 15) is 27.9 Å². The summed E-state index contributed by atoms with van der Waals surface area (Å²) in [6.07, 6.45) is -4.28. The molecule has 2 aromatic rings. The Kier molecular flexibility index (Phi) is 10.3. The third-order valence-electron chi connectivity index (χ3n) is 9.42. The molecule has 0 radical (unpaired) electrons. The fourth-order valence-electron chi connectivity index (χ4n) is 6.47. The van der Waals surface area contributed by atoms with Gasteiger partial charge in [0.1, 0.15) is 6.73 Å². The number of carbonyl (C=O) groups excluding carboxylic acids is 2. The molecule has 4 aliphatic rings. The fraction of sp³-hybridized carbons (Fsp3) is 0.677. The first-order chi connectivity index (χ1) is 22.1. The Morgan fingerprint density at radius 2 is 1.91 bits per heavy atom. The molecule has 260 valence electrons. The summed E-state index contributed by atoms with van der Waals surface area (Å²) in [5.74, 6) is -1.96. The first kappa shape index (κ1) is 35.2. The number of methoxy groups -OCH3 is 1. The van der Waals surface area contributed by atoms with Gasteiger partial charge in [0.2, 0.25) is 11.8 Å². The molecule has 3 aliphatic heterocycles. The monoisotopic (exact) mass is 685 g/mol. The average Bonchev–Trinajstić information content (AvgIpc) is 3.17. The Morgan fingerprint density at radius 1 is 1.19 bits per heavy atom. The maximum absolute atomic E-state index is 15.0. The van der Waals surface area contributed by atoms with Crippen LogP contribution in [0.1, 0.15) is 42.6 Å². The largest absolute Gasteiger partial charge is 0.481 e. The Labute approximate surface area is 272 Å². The number of alkyl halides is 3. The molecule has 5 heterocycles. The highest BCUT2D eigenvalue weighted by Crippen LogP contribution is 2.42. The average molecular weight is 686 g/mol. The zero-order valence-corrected chi connectivity index (χ0v) is 28.1. The lowest BCUT2D eigenvalue weighted by Crippen LogP contribution is -2.55. The summed E-state index contributed by atoms with van der Waals surface area (Å²) in [5.41, 5.74) is -2.19. The molecule has 2 bridgehead atoms. The van der Waals surface area contributed by atoms with Crippen molar-refractivity contribution in [3.63, 3.8) is 0 Å². The van der Waals surface area contributed by atoms with Gasteiger partial charge in [-0.2, -0.15) is 18.3 Å². The van der Waals surface area contributed by atoms with Gasteiger partial charge in [-0.1, -0.05) is 19.6 Å². The number of ether oxygens (including phenoxy) is 3. The van der Waals surface area contributed by atoms with Crippen molar-refractivity contribution in [1.82, 2.24) is 25.0 Å². The van der Waals surface area contributed by atoms with Crippen molar-refractivity contribution in [2.45, 2.75) is 88.4 Å². The molecule has 1 aliphatic carbocycles.